The Labute approximate surface area is 155 Å². The topological polar surface area (TPSA) is 71.5 Å². The second kappa shape index (κ2) is 8.65. The zero-order valence-corrected chi connectivity index (χ0v) is 14.4. The number of hydrogen-bond donors (Lipinski definition) is 1. The standard InChI is InChI=1S/C16H17F6N3O3/c17-15(18,19)9-24-13(26)8-28-14(27)10-3-5-25(6-4-10)12-2-1-11(7-23-12)16(20,21)22/h1-2,7,10H,3-6,8-9H2,(H,24,26). The van der Waals surface area contributed by atoms with E-state index in [2.05, 4.69) is 4.98 Å². The second-order valence-corrected chi connectivity index (χ2v) is 6.16. The van der Waals surface area contributed by atoms with Gasteiger partial charge in [-0.25, -0.2) is 4.98 Å². The van der Waals surface area contributed by atoms with E-state index in [4.69, 9.17) is 4.74 Å². The first-order valence-corrected chi connectivity index (χ1v) is 8.24. The Morgan fingerprint density at radius 1 is 1.14 bits per heavy atom. The Morgan fingerprint density at radius 2 is 1.79 bits per heavy atom. The number of anilines is 1. The molecule has 2 rings (SSSR count). The first-order valence-electron chi connectivity index (χ1n) is 8.24. The summed E-state index contributed by atoms with van der Waals surface area (Å²) in [6.07, 6.45) is -7.68. The van der Waals surface area contributed by atoms with Gasteiger partial charge in [0.2, 0.25) is 0 Å². The molecule has 28 heavy (non-hydrogen) atoms. The van der Waals surface area contributed by atoms with E-state index in [-0.39, 0.29) is 0 Å². The van der Waals surface area contributed by atoms with Crippen molar-refractivity contribution in [3.05, 3.63) is 23.9 Å². The molecule has 1 aromatic heterocycles. The lowest BCUT2D eigenvalue weighted by atomic mass is 9.97. The third kappa shape index (κ3) is 6.57. The van der Waals surface area contributed by atoms with Crippen molar-refractivity contribution in [2.75, 3.05) is 31.1 Å². The molecule has 0 atom stereocenters. The second-order valence-electron chi connectivity index (χ2n) is 6.16. The predicted molar refractivity (Wildman–Crippen MR) is 84.2 cm³/mol. The van der Waals surface area contributed by atoms with Crippen molar-refractivity contribution in [1.82, 2.24) is 10.3 Å². The SMILES string of the molecule is O=C(COC(=O)C1CCN(c2ccc(C(F)(F)F)cn2)CC1)NCC(F)(F)F. The molecule has 1 aliphatic rings. The quantitative estimate of drug-likeness (QED) is 0.594. The number of nitrogens with zero attached hydrogens (tertiary/aromatic N) is 2. The summed E-state index contributed by atoms with van der Waals surface area (Å²) in [5.74, 6) is -1.98. The lowest BCUT2D eigenvalue weighted by molar-refractivity contribution is -0.155. The fraction of sp³-hybridized carbons (Fsp3) is 0.562. The van der Waals surface area contributed by atoms with Crippen molar-refractivity contribution in [3.8, 4) is 0 Å². The van der Waals surface area contributed by atoms with E-state index >= 15 is 0 Å². The van der Waals surface area contributed by atoms with Gasteiger partial charge in [-0.05, 0) is 25.0 Å². The molecule has 0 aromatic carbocycles. The van der Waals surface area contributed by atoms with E-state index in [9.17, 15) is 35.9 Å². The molecule has 1 N–H and O–H groups in total. The average Bonchev–Trinajstić information content (AvgIpc) is 2.63. The van der Waals surface area contributed by atoms with Crippen LogP contribution in [0.2, 0.25) is 0 Å². The first-order chi connectivity index (χ1) is 13.0. The molecule has 0 aliphatic carbocycles. The normalized spacial score (nSPS) is 16.0. The molecule has 1 saturated heterocycles. The lowest BCUT2D eigenvalue weighted by Gasteiger charge is -2.31. The number of carbonyl (C=O) groups excluding carboxylic acids is 2. The summed E-state index contributed by atoms with van der Waals surface area (Å²) >= 11 is 0. The fourth-order valence-corrected chi connectivity index (χ4v) is 2.59. The Balaban J connectivity index is 1.77. The summed E-state index contributed by atoms with van der Waals surface area (Å²) < 4.78 is 78.3. The molecule has 6 nitrogen and oxygen atoms in total. The van der Waals surface area contributed by atoms with E-state index < -0.39 is 48.9 Å². The Hall–Kier alpha value is -2.53. The van der Waals surface area contributed by atoms with Crippen LogP contribution >= 0.6 is 0 Å². The molecule has 2 heterocycles. The van der Waals surface area contributed by atoms with Gasteiger partial charge in [-0.2, -0.15) is 26.3 Å². The minimum atomic E-state index is -4.56. The van der Waals surface area contributed by atoms with Crippen LogP contribution in [0.3, 0.4) is 0 Å². The third-order valence-electron chi connectivity index (χ3n) is 4.06. The Kier molecular flexibility index (Phi) is 6.73. The molecule has 1 amide bonds. The molecular formula is C16H17F6N3O3. The molecule has 0 bridgehead atoms. The fourth-order valence-electron chi connectivity index (χ4n) is 2.59. The number of carbonyl (C=O) groups is 2. The maximum absolute atomic E-state index is 12.5. The van der Waals surface area contributed by atoms with Gasteiger partial charge in [-0.1, -0.05) is 0 Å². The molecular weight excluding hydrogens is 396 g/mol. The summed E-state index contributed by atoms with van der Waals surface area (Å²) in [5.41, 5.74) is -0.862. The highest BCUT2D eigenvalue weighted by atomic mass is 19.4. The van der Waals surface area contributed by atoms with E-state index in [0.29, 0.717) is 31.7 Å². The first kappa shape index (κ1) is 21.8. The number of halogens is 6. The van der Waals surface area contributed by atoms with Crippen LogP contribution < -0.4 is 10.2 Å². The summed E-state index contributed by atoms with van der Waals surface area (Å²) in [4.78, 5) is 28.6. The summed E-state index contributed by atoms with van der Waals surface area (Å²) in [5, 5.41) is 1.59. The van der Waals surface area contributed by atoms with Crippen molar-refractivity contribution in [2.24, 2.45) is 5.92 Å². The van der Waals surface area contributed by atoms with Gasteiger partial charge in [0.25, 0.3) is 5.91 Å². The smallest absolute Gasteiger partial charge is 0.417 e. The van der Waals surface area contributed by atoms with Crippen molar-refractivity contribution >= 4 is 17.7 Å². The van der Waals surface area contributed by atoms with Gasteiger partial charge in [0.15, 0.2) is 6.61 Å². The Morgan fingerprint density at radius 3 is 2.29 bits per heavy atom. The monoisotopic (exact) mass is 413 g/mol. The van der Waals surface area contributed by atoms with Gasteiger partial charge >= 0.3 is 18.3 Å². The van der Waals surface area contributed by atoms with Crippen molar-refractivity contribution < 1.29 is 40.7 Å². The highest BCUT2D eigenvalue weighted by molar-refractivity contribution is 5.81. The highest BCUT2D eigenvalue weighted by Gasteiger charge is 2.32. The predicted octanol–water partition coefficient (Wildman–Crippen LogP) is 2.54. The van der Waals surface area contributed by atoms with E-state index in [1.807, 2.05) is 0 Å². The molecule has 0 unspecified atom stereocenters. The highest BCUT2D eigenvalue weighted by Crippen LogP contribution is 2.30. The molecule has 0 saturated carbocycles. The molecule has 12 heteroatoms. The number of piperidine rings is 1. The van der Waals surface area contributed by atoms with Crippen LogP contribution in [0, 0.1) is 5.92 Å². The molecule has 0 radical (unpaired) electrons. The minimum Gasteiger partial charge on any atom is -0.455 e. The van der Waals surface area contributed by atoms with Gasteiger partial charge in [0.1, 0.15) is 12.4 Å². The van der Waals surface area contributed by atoms with Crippen LogP contribution in [0.4, 0.5) is 32.2 Å². The summed E-state index contributed by atoms with van der Waals surface area (Å²) in [6, 6.07) is 2.16. The number of alkyl halides is 6. The maximum Gasteiger partial charge on any atom is 0.417 e. The number of nitrogens with one attached hydrogen (secondary N) is 1. The molecule has 156 valence electrons. The molecule has 1 fully saturated rings. The zero-order valence-electron chi connectivity index (χ0n) is 14.4. The summed E-state index contributed by atoms with van der Waals surface area (Å²) in [7, 11) is 0. The Bertz CT molecular complexity index is 682. The number of rotatable bonds is 5. The van der Waals surface area contributed by atoms with Crippen LogP contribution in [0.15, 0.2) is 18.3 Å². The van der Waals surface area contributed by atoms with Crippen LogP contribution in [0.25, 0.3) is 0 Å². The maximum atomic E-state index is 12.5. The van der Waals surface area contributed by atoms with Crippen molar-refractivity contribution in [2.45, 2.75) is 25.2 Å². The van der Waals surface area contributed by atoms with E-state index in [1.165, 1.54) is 6.07 Å². The molecule has 0 spiro atoms. The number of ether oxygens (including phenoxy) is 1. The van der Waals surface area contributed by atoms with Crippen molar-refractivity contribution in [3.63, 3.8) is 0 Å². The van der Waals surface area contributed by atoms with Gasteiger partial charge in [-0.15, -0.1) is 0 Å². The lowest BCUT2D eigenvalue weighted by Crippen LogP contribution is -2.39. The number of amides is 1. The molecule has 1 aliphatic heterocycles. The summed E-state index contributed by atoms with van der Waals surface area (Å²) in [6.45, 7) is -1.66. The van der Waals surface area contributed by atoms with Crippen LogP contribution in [-0.4, -0.2) is 49.3 Å². The van der Waals surface area contributed by atoms with Crippen LogP contribution in [-0.2, 0) is 20.5 Å². The molecule has 1 aromatic rings. The number of esters is 1. The number of hydrogen-bond acceptors (Lipinski definition) is 5. The largest absolute Gasteiger partial charge is 0.455 e. The van der Waals surface area contributed by atoms with E-state index in [0.717, 1.165) is 12.3 Å². The minimum absolute atomic E-state index is 0.311. The van der Waals surface area contributed by atoms with E-state index in [1.54, 1.807) is 10.2 Å². The van der Waals surface area contributed by atoms with Gasteiger partial charge < -0.3 is 15.0 Å². The average molecular weight is 413 g/mol. The number of aromatic nitrogens is 1. The van der Waals surface area contributed by atoms with Crippen molar-refractivity contribution in [1.29, 1.82) is 0 Å². The van der Waals surface area contributed by atoms with Gasteiger partial charge in [0, 0.05) is 19.3 Å². The number of pyridine rings is 1. The third-order valence-corrected chi connectivity index (χ3v) is 4.06. The van der Waals surface area contributed by atoms with Gasteiger partial charge in [-0.3, -0.25) is 9.59 Å². The zero-order chi connectivity index (χ0) is 20.9. The van der Waals surface area contributed by atoms with Crippen LogP contribution in [0.1, 0.15) is 18.4 Å². The van der Waals surface area contributed by atoms with Gasteiger partial charge in [0.05, 0.1) is 11.5 Å². The van der Waals surface area contributed by atoms with Crippen LogP contribution in [0.5, 0.6) is 0 Å².